The van der Waals surface area contributed by atoms with Gasteiger partial charge in [-0.1, -0.05) is 0 Å². The molecule has 1 aromatic rings. The molecule has 8 heteroatoms. The Bertz CT molecular complexity index is 586. The first kappa shape index (κ1) is 16.8. The number of benzene rings is 1. The summed E-state index contributed by atoms with van der Waals surface area (Å²) in [7, 11) is 0. The highest BCUT2D eigenvalue weighted by Crippen LogP contribution is 2.37. The van der Waals surface area contributed by atoms with Gasteiger partial charge in [0, 0.05) is 0 Å². The zero-order valence-corrected chi connectivity index (χ0v) is 10.4. The van der Waals surface area contributed by atoms with Crippen molar-refractivity contribution in [3.05, 3.63) is 46.7 Å². The van der Waals surface area contributed by atoms with Crippen molar-refractivity contribution in [1.29, 1.82) is 0 Å². The third-order valence-corrected chi connectivity index (χ3v) is 2.43. The Hall–Kier alpha value is -2.21. The molecule has 0 spiro atoms. The third-order valence-electron chi connectivity index (χ3n) is 2.43. The zero-order valence-electron chi connectivity index (χ0n) is 10.4. The Labute approximate surface area is 115 Å². The lowest BCUT2D eigenvalue weighted by Gasteiger charge is -2.13. The van der Waals surface area contributed by atoms with Gasteiger partial charge in [0.2, 0.25) is 0 Å². The Morgan fingerprint density at radius 1 is 1.05 bits per heavy atom. The van der Waals surface area contributed by atoms with Gasteiger partial charge in [-0.3, -0.25) is 0 Å². The molecule has 0 radical (unpaired) electrons. The highest BCUT2D eigenvalue weighted by molar-refractivity contribution is 5.81. The normalized spacial score (nSPS) is 11.8. The summed E-state index contributed by atoms with van der Waals surface area (Å²) in [5.74, 6) is -1.42. The second kappa shape index (κ2) is 5.65. The van der Waals surface area contributed by atoms with Crippen molar-refractivity contribution >= 4 is 11.5 Å². The smallest absolute Gasteiger partial charge is 0.416 e. The van der Waals surface area contributed by atoms with Gasteiger partial charge in [-0.15, -0.1) is 5.73 Å². The second-order valence-corrected chi connectivity index (χ2v) is 4.05. The van der Waals surface area contributed by atoms with E-state index < -0.39 is 35.0 Å². The topological polar surface area (TPSA) is 37.3 Å². The summed E-state index contributed by atoms with van der Waals surface area (Å²) in [5.41, 5.74) is -1.39. The summed E-state index contributed by atoms with van der Waals surface area (Å²) in [6.07, 6.45) is -9.40. The molecule has 0 unspecified atom stereocenters. The van der Waals surface area contributed by atoms with Gasteiger partial charge in [-0.2, -0.15) is 26.3 Å². The first-order chi connectivity index (χ1) is 9.41. The molecule has 0 saturated carbocycles. The molecule has 21 heavy (non-hydrogen) atoms. The average molecular weight is 310 g/mol. The van der Waals surface area contributed by atoms with E-state index in [4.69, 9.17) is 5.11 Å². The summed E-state index contributed by atoms with van der Waals surface area (Å²) in [6, 6.07) is 1.01. The number of carboxylic acids is 1. The largest absolute Gasteiger partial charge is 0.478 e. The number of hydrogen-bond acceptors (Lipinski definition) is 1. The van der Waals surface area contributed by atoms with Gasteiger partial charge >= 0.3 is 18.3 Å². The van der Waals surface area contributed by atoms with Gasteiger partial charge in [0.15, 0.2) is 0 Å². The molecule has 0 amide bonds. The lowest BCUT2D eigenvalue weighted by Crippen LogP contribution is -2.11. The lowest BCUT2D eigenvalue weighted by molar-refractivity contribution is -0.143. The number of carboxylic acid groups (broad SMARTS) is 1. The minimum Gasteiger partial charge on any atom is -0.478 e. The molecule has 0 heterocycles. The molecule has 0 aliphatic carbocycles. The van der Waals surface area contributed by atoms with Crippen LogP contribution in [0.2, 0.25) is 0 Å². The van der Waals surface area contributed by atoms with E-state index in [9.17, 15) is 31.1 Å². The van der Waals surface area contributed by atoms with Gasteiger partial charge in [-0.05, 0) is 36.3 Å². The van der Waals surface area contributed by atoms with Crippen molar-refractivity contribution in [2.45, 2.75) is 19.3 Å². The molecular weight excluding hydrogens is 302 g/mol. The zero-order chi connectivity index (χ0) is 16.4. The Morgan fingerprint density at radius 2 is 1.48 bits per heavy atom. The summed E-state index contributed by atoms with van der Waals surface area (Å²) in [6.45, 7) is 1.16. The third kappa shape index (κ3) is 4.68. The van der Waals surface area contributed by atoms with Crippen LogP contribution in [0.4, 0.5) is 26.3 Å². The first-order valence-corrected chi connectivity index (χ1v) is 5.37. The Balaban J connectivity index is 3.53. The molecule has 1 rings (SSSR count). The van der Waals surface area contributed by atoms with Crippen LogP contribution in [0.15, 0.2) is 30.0 Å². The summed E-state index contributed by atoms with van der Waals surface area (Å²) in [4.78, 5) is 10.3. The molecular formula is C13H8F6O2. The van der Waals surface area contributed by atoms with Crippen LogP contribution in [-0.2, 0) is 17.1 Å². The van der Waals surface area contributed by atoms with Gasteiger partial charge < -0.3 is 5.11 Å². The summed E-state index contributed by atoms with van der Waals surface area (Å²) < 4.78 is 75.7. The predicted molar refractivity (Wildman–Crippen MR) is 61.2 cm³/mol. The molecule has 114 valence electrons. The van der Waals surface area contributed by atoms with Gasteiger partial charge in [0.05, 0.1) is 17.2 Å². The molecule has 0 bridgehead atoms. The van der Waals surface area contributed by atoms with E-state index in [1.807, 2.05) is 0 Å². The lowest BCUT2D eigenvalue weighted by atomic mass is 10.0. The minimum absolute atomic E-state index is 0.00229. The molecule has 0 aliphatic rings. The van der Waals surface area contributed by atoms with Gasteiger partial charge in [0.1, 0.15) is 0 Å². The molecule has 0 saturated heterocycles. The predicted octanol–water partition coefficient (Wildman–Crippen LogP) is 4.37. The van der Waals surface area contributed by atoms with Crippen LogP contribution in [-0.4, -0.2) is 11.1 Å². The van der Waals surface area contributed by atoms with Crippen LogP contribution in [0.5, 0.6) is 0 Å². The fourth-order valence-corrected chi connectivity index (χ4v) is 1.42. The van der Waals surface area contributed by atoms with E-state index in [1.54, 1.807) is 0 Å². The maximum Gasteiger partial charge on any atom is 0.416 e. The van der Waals surface area contributed by atoms with E-state index in [1.165, 1.54) is 0 Å². The Kier molecular flexibility index (Phi) is 4.53. The van der Waals surface area contributed by atoms with Crippen LogP contribution in [0.3, 0.4) is 0 Å². The maximum absolute atomic E-state index is 12.6. The molecule has 0 atom stereocenters. The number of carbonyl (C=O) groups is 1. The van der Waals surface area contributed by atoms with Crippen molar-refractivity contribution in [2.24, 2.45) is 0 Å². The molecule has 2 nitrogen and oxygen atoms in total. The number of halogens is 6. The molecule has 0 aromatic heterocycles. The van der Waals surface area contributed by atoms with Crippen LogP contribution < -0.4 is 0 Å². The monoisotopic (exact) mass is 310 g/mol. The quantitative estimate of drug-likeness (QED) is 0.500. The first-order valence-electron chi connectivity index (χ1n) is 5.37. The molecule has 1 aromatic carbocycles. The van der Waals surface area contributed by atoms with E-state index in [2.05, 4.69) is 5.73 Å². The summed E-state index contributed by atoms with van der Waals surface area (Å²) >= 11 is 0. The highest BCUT2D eigenvalue weighted by atomic mass is 19.4. The van der Waals surface area contributed by atoms with E-state index in [0.717, 1.165) is 6.92 Å². The SMILES string of the molecule is CC(=C=CC(=O)O)c1cc(C(F)(F)F)cc(C(F)(F)F)c1. The number of alkyl halides is 6. The van der Waals surface area contributed by atoms with Crippen molar-refractivity contribution in [3.63, 3.8) is 0 Å². The van der Waals surface area contributed by atoms with E-state index in [0.29, 0.717) is 18.2 Å². The van der Waals surface area contributed by atoms with Crippen LogP contribution in [0.1, 0.15) is 23.6 Å². The van der Waals surface area contributed by atoms with Crippen LogP contribution >= 0.6 is 0 Å². The maximum atomic E-state index is 12.6. The number of rotatable bonds is 2. The minimum atomic E-state index is -4.95. The van der Waals surface area contributed by atoms with Crippen molar-refractivity contribution in [1.82, 2.24) is 0 Å². The average Bonchev–Trinajstić information content (AvgIpc) is 2.33. The number of hydrogen-bond donors (Lipinski definition) is 1. The standard InChI is InChI=1S/C13H8F6O2/c1-7(2-3-11(20)21)8-4-9(12(14,15)16)6-10(5-8)13(17,18)19/h3-6H,1H3,(H,20,21). The fraction of sp³-hybridized carbons (Fsp3) is 0.231. The van der Waals surface area contributed by atoms with Crippen molar-refractivity contribution in [3.8, 4) is 0 Å². The second-order valence-electron chi connectivity index (χ2n) is 4.05. The van der Waals surface area contributed by atoms with Crippen LogP contribution in [0, 0.1) is 0 Å². The van der Waals surface area contributed by atoms with Crippen LogP contribution in [0.25, 0.3) is 5.57 Å². The van der Waals surface area contributed by atoms with Gasteiger partial charge in [-0.25, -0.2) is 4.79 Å². The summed E-state index contributed by atoms with van der Waals surface area (Å²) in [5, 5.41) is 8.39. The molecule has 0 aliphatic heterocycles. The molecule has 1 N–H and O–H groups in total. The molecule has 0 fully saturated rings. The van der Waals surface area contributed by atoms with Gasteiger partial charge in [0.25, 0.3) is 0 Å². The fourth-order valence-electron chi connectivity index (χ4n) is 1.42. The van der Waals surface area contributed by atoms with E-state index in [-0.39, 0.29) is 11.6 Å². The highest BCUT2D eigenvalue weighted by Gasteiger charge is 2.36. The van der Waals surface area contributed by atoms with E-state index >= 15 is 0 Å². The Morgan fingerprint density at radius 3 is 1.81 bits per heavy atom. The van der Waals surface area contributed by atoms with Crippen molar-refractivity contribution < 1.29 is 36.2 Å². The number of aliphatic carboxylic acids is 1. The van der Waals surface area contributed by atoms with Crippen molar-refractivity contribution in [2.75, 3.05) is 0 Å².